The first-order chi connectivity index (χ1) is 14.1. The SMILES string of the molecule is CN(C(=O)/C=C/c1ccccc1Cl)c1ccccc1C(=O)NCc1ccccc1. The highest BCUT2D eigenvalue weighted by Crippen LogP contribution is 2.21. The third kappa shape index (κ3) is 5.33. The van der Waals surface area contributed by atoms with E-state index in [1.165, 1.54) is 11.0 Å². The van der Waals surface area contributed by atoms with Crippen molar-refractivity contribution in [2.45, 2.75) is 6.54 Å². The van der Waals surface area contributed by atoms with Crippen LogP contribution in [0.2, 0.25) is 5.02 Å². The summed E-state index contributed by atoms with van der Waals surface area (Å²) < 4.78 is 0. The van der Waals surface area contributed by atoms with Crippen LogP contribution in [-0.4, -0.2) is 18.9 Å². The van der Waals surface area contributed by atoms with Crippen LogP contribution in [0.4, 0.5) is 5.69 Å². The Morgan fingerprint density at radius 1 is 0.931 bits per heavy atom. The monoisotopic (exact) mass is 404 g/mol. The fourth-order valence-electron chi connectivity index (χ4n) is 2.83. The molecule has 3 aromatic carbocycles. The second kappa shape index (κ2) is 9.71. The van der Waals surface area contributed by atoms with Crippen LogP contribution in [0.5, 0.6) is 0 Å². The number of likely N-dealkylation sites (N-methyl/N-ethyl adjacent to an activating group) is 1. The molecule has 4 nitrogen and oxygen atoms in total. The summed E-state index contributed by atoms with van der Waals surface area (Å²) in [4.78, 5) is 26.8. The predicted molar refractivity (Wildman–Crippen MR) is 118 cm³/mol. The first-order valence-electron chi connectivity index (χ1n) is 9.17. The maximum absolute atomic E-state index is 12.7. The zero-order valence-electron chi connectivity index (χ0n) is 16.0. The molecule has 0 unspecified atom stereocenters. The van der Waals surface area contributed by atoms with E-state index in [2.05, 4.69) is 5.32 Å². The third-order valence-electron chi connectivity index (χ3n) is 4.45. The van der Waals surface area contributed by atoms with Crippen LogP contribution in [0, 0.1) is 0 Å². The zero-order chi connectivity index (χ0) is 20.6. The molecule has 0 aliphatic carbocycles. The Kier molecular flexibility index (Phi) is 6.82. The van der Waals surface area contributed by atoms with Crippen molar-refractivity contribution in [3.8, 4) is 0 Å². The highest BCUT2D eigenvalue weighted by atomic mass is 35.5. The Balaban J connectivity index is 1.74. The van der Waals surface area contributed by atoms with Crippen molar-refractivity contribution in [2.24, 2.45) is 0 Å². The van der Waals surface area contributed by atoms with E-state index in [9.17, 15) is 9.59 Å². The molecule has 0 aromatic heterocycles. The fraction of sp³-hybridized carbons (Fsp3) is 0.0833. The molecule has 0 heterocycles. The smallest absolute Gasteiger partial charge is 0.253 e. The molecule has 3 rings (SSSR count). The number of nitrogens with one attached hydrogen (secondary N) is 1. The van der Waals surface area contributed by atoms with Crippen molar-refractivity contribution < 1.29 is 9.59 Å². The molecule has 2 amide bonds. The normalized spacial score (nSPS) is 10.7. The van der Waals surface area contributed by atoms with Gasteiger partial charge in [-0.1, -0.05) is 72.3 Å². The van der Waals surface area contributed by atoms with E-state index in [-0.39, 0.29) is 11.8 Å². The number of benzene rings is 3. The summed E-state index contributed by atoms with van der Waals surface area (Å²) in [5, 5.41) is 3.47. The average Bonchev–Trinajstić information content (AvgIpc) is 2.77. The molecule has 5 heteroatoms. The molecule has 3 aromatic rings. The Labute approximate surface area is 175 Å². The number of hydrogen-bond donors (Lipinski definition) is 1. The molecule has 0 bridgehead atoms. The van der Waals surface area contributed by atoms with Crippen molar-refractivity contribution in [1.82, 2.24) is 5.32 Å². The number of carbonyl (C=O) groups excluding carboxylic acids is 2. The number of para-hydroxylation sites is 1. The van der Waals surface area contributed by atoms with Gasteiger partial charge in [0, 0.05) is 24.7 Å². The van der Waals surface area contributed by atoms with E-state index >= 15 is 0 Å². The van der Waals surface area contributed by atoms with Gasteiger partial charge in [0.15, 0.2) is 0 Å². The Morgan fingerprint density at radius 2 is 1.59 bits per heavy atom. The van der Waals surface area contributed by atoms with Gasteiger partial charge in [0.25, 0.3) is 11.8 Å². The highest BCUT2D eigenvalue weighted by Gasteiger charge is 2.17. The van der Waals surface area contributed by atoms with Crippen LogP contribution in [-0.2, 0) is 11.3 Å². The van der Waals surface area contributed by atoms with Crippen LogP contribution < -0.4 is 10.2 Å². The second-order valence-electron chi connectivity index (χ2n) is 6.44. The molecule has 0 atom stereocenters. The van der Waals surface area contributed by atoms with Crippen molar-refractivity contribution in [2.75, 3.05) is 11.9 Å². The lowest BCUT2D eigenvalue weighted by molar-refractivity contribution is -0.113. The van der Waals surface area contributed by atoms with Crippen LogP contribution in [0.25, 0.3) is 6.08 Å². The minimum Gasteiger partial charge on any atom is -0.348 e. The Bertz CT molecular complexity index is 1030. The molecule has 29 heavy (non-hydrogen) atoms. The van der Waals surface area contributed by atoms with Gasteiger partial charge in [-0.2, -0.15) is 0 Å². The summed E-state index contributed by atoms with van der Waals surface area (Å²) in [7, 11) is 1.64. The number of rotatable bonds is 6. The molecule has 0 fully saturated rings. The molecular formula is C24H21ClN2O2. The summed E-state index contributed by atoms with van der Waals surface area (Å²) >= 11 is 6.13. The molecule has 0 saturated heterocycles. The standard InChI is InChI=1S/C24H21ClN2O2/c1-27(23(28)16-15-19-11-5-7-13-21(19)25)22-14-8-6-12-20(22)24(29)26-17-18-9-3-2-4-10-18/h2-16H,17H2,1H3,(H,26,29)/b16-15+. The molecule has 0 radical (unpaired) electrons. The van der Waals surface area contributed by atoms with E-state index in [0.29, 0.717) is 22.8 Å². The van der Waals surface area contributed by atoms with Crippen molar-refractivity contribution in [3.63, 3.8) is 0 Å². The summed E-state index contributed by atoms with van der Waals surface area (Å²) in [6.45, 7) is 0.415. The van der Waals surface area contributed by atoms with Crippen molar-refractivity contribution in [1.29, 1.82) is 0 Å². The van der Waals surface area contributed by atoms with Gasteiger partial charge in [-0.25, -0.2) is 0 Å². The summed E-state index contributed by atoms with van der Waals surface area (Å²) in [5.41, 5.74) is 2.73. The first kappa shape index (κ1) is 20.4. The Hall–Kier alpha value is -3.37. The number of carbonyl (C=O) groups is 2. The van der Waals surface area contributed by atoms with E-state index in [4.69, 9.17) is 11.6 Å². The van der Waals surface area contributed by atoms with Crippen LogP contribution >= 0.6 is 11.6 Å². The highest BCUT2D eigenvalue weighted by molar-refractivity contribution is 6.32. The van der Waals surface area contributed by atoms with Gasteiger partial charge < -0.3 is 10.2 Å². The largest absolute Gasteiger partial charge is 0.348 e. The van der Waals surface area contributed by atoms with Gasteiger partial charge in [-0.05, 0) is 35.4 Å². The van der Waals surface area contributed by atoms with Crippen LogP contribution in [0.15, 0.2) is 84.9 Å². The topological polar surface area (TPSA) is 49.4 Å². The fourth-order valence-corrected chi connectivity index (χ4v) is 3.03. The van der Waals surface area contributed by atoms with E-state index in [0.717, 1.165) is 11.1 Å². The maximum Gasteiger partial charge on any atom is 0.253 e. The van der Waals surface area contributed by atoms with E-state index in [1.54, 1.807) is 43.5 Å². The number of nitrogens with zero attached hydrogens (tertiary/aromatic N) is 1. The third-order valence-corrected chi connectivity index (χ3v) is 4.79. The van der Waals surface area contributed by atoms with Crippen LogP contribution in [0.3, 0.4) is 0 Å². The van der Waals surface area contributed by atoms with Gasteiger partial charge in [0.1, 0.15) is 0 Å². The predicted octanol–water partition coefficient (Wildman–Crippen LogP) is 4.95. The molecule has 0 aliphatic heterocycles. The minimum absolute atomic E-state index is 0.237. The maximum atomic E-state index is 12.7. The quantitative estimate of drug-likeness (QED) is 0.591. The molecule has 0 saturated carbocycles. The second-order valence-corrected chi connectivity index (χ2v) is 6.84. The van der Waals surface area contributed by atoms with E-state index < -0.39 is 0 Å². The molecule has 0 aliphatic rings. The first-order valence-corrected chi connectivity index (χ1v) is 9.55. The van der Waals surface area contributed by atoms with Gasteiger partial charge in [0.2, 0.25) is 0 Å². The van der Waals surface area contributed by atoms with Crippen molar-refractivity contribution in [3.05, 3.63) is 107 Å². The van der Waals surface area contributed by atoms with Gasteiger partial charge in [-0.3, -0.25) is 9.59 Å². The lowest BCUT2D eigenvalue weighted by atomic mass is 10.1. The molecule has 146 valence electrons. The summed E-state index contributed by atoms with van der Waals surface area (Å²) in [5.74, 6) is -0.493. The number of halogens is 1. The number of hydrogen-bond acceptors (Lipinski definition) is 2. The average molecular weight is 405 g/mol. The van der Waals surface area contributed by atoms with Crippen molar-refractivity contribution >= 4 is 35.2 Å². The number of anilines is 1. The van der Waals surface area contributed by atoms with Crippen LogP contribution in [0.1, 0.15) is 21.5 Å². The Morgan fingerprint density at radius 3 is 2.34 bits per heavy atom. The summed E-state index contributed by atoms with van der Waals surface area (Å²) in [6.07, 6.45) is 3.11. The number of amides is 2. The summed E-state index contributed by atoms with van der Waals surface area (Å²) in [6, 6.07) is 24.0. The van der Waals surface area contributed by atoms with Gasteiger partial charge in [-0.15, -0.1) is 0 Å². The van der Waals surface area contributed by atoms with Gasteiger partial charge >= 0.3 is 0 Å². The van der Waals surface area contributed by atoms with Gasteiger partial charge in [0.05, 0.1) is 11.3 Å². The molecule has 1 N–H and O–H groups in total. The molecular weight excluding hydrogens is 384 g/mol. The lowest BCUT2D eigenvalue weighted by Crippen LogP contribution is -2.29. The minimum atomic E-state index is -0.256. The van der Waals surface area contributed by atoms with E-state index in [1.807, 2.05) is 48.5 Å². The zero-order valence-corrected chi connectivity index (χ0v) is 16.8. The molecule has 0 spiro atoms. The lowest BCUT2D eigenvalue weighted by Gasteiger charge is -2.19.